The summed E-state index contributed by atoms with van der Waals surface area (Å²) in [5, 5.41) is 0. The van der Waals surface area contributed by atoms with Crippen molar-refractivity contribution in [2.45, 2.75) is 58.8 Å². The fourth-order valence-corrected chi connectivity index (χ4v) is 3.88. The molecule has 0 aliphatic carbocycles. The third kappa shape index (κ3) is 8.75. The van der Waals surface area contributed by atoms with E-state index in [1.54, 1.807) is 12.1 Å². The number of benzene rings is 3. The minimum absolute atomic E-state index is 0.367. The average Bonchev–Trinajstić information content (AvgIpc) is 2.89. The van der Waals surface area contributed by atoms with Gasteiger partial charge in [-0.25, -0.2) is 4.79 Å². The summed E-state index contributed by atoms with van der Waals surface area (Å²) in [6.07, 6.45) is 9.93. The molecule has 1 atom stereocenters. The molecule has 0 radical (unpaired) electrons. The molecule has 3 heteroatoms. The van der Waals surface area contributed by atoms with Crippen molar-refractivity contribution in [1.82, 2.24) is 0 Å². The number of carbonyl (C=O) groups is 1. The Morgan fingerprint density at radius 1 is 0.829 bits per heavy atom. The molecule has 0 aliphatic rings. The van der Waals surface area contributed by atoms with Crippen molar-refractivity contribution in [3.05, 3.63) is 96.6 Å². The first-order chi connectivity index (χ1) is 17.1. The van der Waals surface area contributed by atoms with Crippen molar-refractivity contribution in [3.63, 3.8) is 0 Å². The van der Waals surface area contributed by atoms with Gasteiger partial charge in [-0.2, -0.15) is 0 Å². The number of unbranched alkanes of at least 4 members (excludes halogenated alkanes) is 4. The minimum Gasteiger partial charge on any atom is -0.494 e. The molecule has 184 valence electrons. The Bertz CT molecular complexity index is 1030. The number of hydrogen-bond acceptors (Lipinski definition) is 3. The second-order valence-electron chi connectivity index (χ2n) is 9.19. The molecule has 3 aromatic carbocycles. The smallest absolute Gasteiger partial charge is 0.343 e. The van der Waals surface area contributed by atoms with Crippen molar-refractivity contribution in [3.8, 4) is 22.6 Å². The van der Waals surface area contributed by atoms with E-state index in [1.165, 1.54) is 24.8 Å². The van der Waals surface area contributed by atoms with Gasteiger partial charge in [-0.1, -0.05) is 75.6 Å². The van der Waals surface area contributed by atoms with Gasteiger partial charge in [0.05, 0.1) is 12.2 Å². The molecule has 0 saturated heterocycles. The van der Waals surface area contributed by atoms with E-state index >= 15 is 0 Å². The molecule has 0 fully saturated rings. The van der Waals surface area contributed by atoms with Crippen LogP contribution in [0.5, 0.6) is 11.5 Å². The summed E-state index contributed by atoms with van der Waals surface area (Å²) in [5.74, 6) is 1.62. The van der Waals surface area contributed by atoms with Crippen LogP contribution in [0.4, 0.5) is 0 Å². The zero-order valence-corrected chi connectivity index (χ0v) is 21.2. The first kappa shape index (κ1) is 26.3. The molecule has 0 amide bonds. The van der Waals surface area contributed by atoms with Crippen LogP contribution in [-0.4, -0.2) is 12.6 Å². The van der Waals surface area contributed by atoms with E-state index in [2.05, 4.69) is 44.7 Å². The van der Waals surface area contributed by atoms with Crippen molar-refractivity contribution < 1.29 is 14.3 Å². The summed E-state index contributed by atoms with van der Waals surface area (Å²) in [4.78, 5) is 12.6. The Morgan fingerprint density at radius 2 is 1.43 bits per heavy atom. The topological polar surface area (TPSA) is 35.5 Å². The van der Waals surface area contributed by atoms with Gasteiger partial charge in [-0.3, -0.25) is 0 Å². The molecule has 0 aromatic heterocycles. The lowest BCUT2D eigenvalue weighted by atomic mass is 9.96. The van der Waals surface area contributed by atoms with Gasteiger partial charge in [0.2, 0.25) is 0 Å². The highest BCUT2D eigenvalue weighted by molar-refractivity contribution is 5.91. The molecule has 0 bridgehead atoms. The van der Waals surface area contributed by atoms with E-state index in [0.29, 0.717) is 23.8 Å². The van der Waals surface area contributed by atoms with E-state index in [4.69, 9.17) is 9.47 Å². The molecule has 35 heavy (non-hydrogen) atoms. The van der Waals surface area contributed by atoms with Crippen LogP contribution in [0, 0.1) is 5.92 Å². The zero-order valence-electron chi connectivity index (χ0n) is 21.2. The molecule has 0 N–H and O–H groups in total. The van der Waals surface area contributed by atoms with Gasteiger partial charge in [0.25, 0.3) is 0 Å². The molecule has 0 spiro atoms. The van der Waals surface area contributed by atoms with Crippen LogP contribution in [0.2, 0.25) is 0 Å². The van der Waals surface area contributed by atoms with Crippen LogP contribution in [0.25, 0.3) is 11.1 Å². The van der Waals surface area contributed by atoms with Gasteiger partial charge in [0.1, 0.15) is 11.5 Å². The van der Waals surface area contributed by atoms with Gasteiger partial charge < -0.3 is 9.47 Å². The molecule has 3 aromatic rings. The molecule has 0 heterocycles. The molecule has 3 rings (SSSR count). The Kier molecular flexibility index (Phi) is 10.6. The fourth-order valence-electron chi connectivity index (χ4n) is 3.88. The maximum Gasteiger partial charge on any atom is 0.343 e. The van der Waals surface area contributed by atoms with Crippen LogP contribution in [-0.2, 0) is 6.42 Å². The Balaban J connectivity index is 1.47. The second-order valence-corrected chi connectivity index (χ2v) is 9.19. The number of ether oxygens (including phenoxy) is 2. The normalized spacial score (nSPS) is 11.6. The molecular formula is C32H38O3. The Hall–Kier alpha value is -3.33. The van der Waals surface area contributed by atoms with Crippen LogP contribution >= 0.6 is 0 Å². The lowest BCUT2D eigenvalue weighted by Gasteiger charge is -2.10. The monoisotopic (exact) mass is 470 g/mol. The van der Waals surface area contributed by atoms with Gasteiger partial charge in [-0.05, 0) is 84.7 Å². The summed E-state index contributed by atoms with van der Waals surface area (Å²) < 4.78 is 11.3. The predicted octanol–water partition coefficient (Wildman–Crippen LogP) is 8.68. The maximum absolute atomic E-state index is 12.6. The van der Waals surface area contributed by atoms with E-state index in [1.807, 2.05) is 42.5 Å². The summed E-state index contributed by atoms with van der Waals surface area (Å²) in [5.41, 5.74) is 4.11. The van der Waals surface area contributed by atoms with Crippen molar-refractivity contribution in [1.29, 1.82) is 0 Å². The van der Waals surface area contributed by atoms with E-state index < -0.39 is 0 Å². The van der Waals surface area contributed by atoms with Crippen LogP contribution in [0.15, 0.2) is 85.5 Å². The highest BCUT2D eigenvalue weighted by Crippen LogP contribution is 2.23. The SMILES string of the molecule is C=CCCCCCCOc1ccc(OC(=O)c2ccc(-c3ccc(C[C@@H](C)CC)cc3)cc2)cc1. The third-order valence-corrected chi connectivity index (χ3v) is 6.29. The largest absolute Gasteiger partial charge is 0.494 e. The van der Waals surface area contributed by atoms with Gasteiger partial charge in [-0.15, -0.1) is 6.58 Å². The molecular weight excluding hydrogens is 432 g/mol. The highest BCUT2D eigenvalue weighted by atomic mass is 16.5. The summed E-state index contributed by atoms with van der Waals surface area (Å²) in [6, 6.07) is 23.5. The Labute approximate surface area is 210 Å². The fraction of sp³-hybridized carbons (Fsp3) is 0.344. The van der Waals surface area contributed by atoms with Gasteiger partial charge in [0.15, 0.2) is 0 Å². The number of rotatable bonds is 14. The number of esters is 1. The summed E-state index contributed by atoms with van der Waals surface area (Å²) >= 11 is 0. The number of hydrogen-bond donors (Lipinski definition) is 0. The third-order valence-electron chi connectivity index (χ3n) is 6.29. The van der Waals surface area contributed by atoms with Gasteiger partial charge >= 0.3 is 5.97 Å². The number of allylic oxidation sites excluding steroid dienone is 1. The molecule has 0 aliphatic heterocycles. The van der Waals surface area contributed by atoms with Crippen molar-refractivity contribution in [2.75, 3.05) is 6.61 Å². The first-order valence-corrected chi connectivity index (χ1v) is 12.8. The van der Waals surface area contributed by atoms with Crippen LogP contribution in [0.3, 0.4) is 0 Å². The van der Waals surface area contributed by atoms with Crippen molar-refractivity contribution in [2.24, 2.45) is 5.92 Å². The lowest BCUT2D eigenvalue weighted by molar-refractivity contribution is 0.0734. The summed E-state index contributed by atoms with van der Waals surface area (Å²) in [6.45, 7) is 8.95. The van der Waals surface area contributed by atoms with E-state index in [0.717, 1.165) is 42.6 Å². The lowest BCUT2D eigenvalue weighted by Crippen LogP contribution is -2.08. The first-order valence-electron chi connectivity index (χ1n) is 12.8. The molecule has 0 saturated carbocycles. The summed E-state index contributed by atoms with van der Waals surface area (Å²) in [7, 11) is 0. The van der Waals surface area contributed by atoms with Gasteiger partial charge in [0, 0.05) is 0 Å². The Morgan fingerprint density at radius 3 is 2.06 bits per heavy atom. The number of carbonyl (C=O) groups excluding carboxylic acids is 1. The highest BCUT2D eigenvalue weighted by Gasteiger charge is 2.10. The predicted molar refractivity (Wildman–Crippen MR) is 145 cm³/mol. The van der Waals surface area contributed by atoms with Crippen LogP contribution < -0.4 is 9.47 Å². The molecule has 3 nitrogen and oxygen atoms in total. The standard InChI is InChI=1S/C32H38O3/c1-4-6-7-8-9-10-23-34-30-19-21-31(22-20-30)35-32(33)29-17-15-28(16-18-29)27-13-11-26(12-14-27)24-25(3)5-2/h4,11-22,25H,1,5-10,23-24H2,2-3H3/t25-/m0/s1. The minimum atomic E-state index is -0.367. The van der Waals surface area contributed by atoms with E-state index in [9.17, 15) is 4.79 Å². The average molecular weight is 471 g/mol. The van der Waals surface area contributed by atoms with Crippen LogP contribution in [0.1, 0.15) is 68.3 Å². The van der Waals surface area contributed by atoms with E-state index in [-0.39, 0.29) is 5.97 Å². The zero-order chi connectivity index (χ0) is 24.9. The quantitative estimate of drug-likeness (QED) is 0.102. The van der Waals surface area contributed by atoms with Crippen molar-refractivity contribution >= 4 is 5.97 Å². The molecule has 0 unspecified atom stereocenters. The maximum atomic E-state index is 12.6. The second kappa shape index (κ2) is 14.2.